The van der Waals surface area contributed by atoms with Crippen LogP contribution in [0.1, 0.15) is 21.5 Å². The quantitative estimate of drug-likeness (QED) is 0.692. The third-order valence-corrected chi connectivity index (χ3v) is 3.93. The van der Waals surface area contributed by atoms with Gasteiger partial charge in [0, 0.05) is 36.1 Å². The molecule has 0 aliphatic carbocycles. The van der Waals surface area contributed by atoms with E-state index >= 15 is 0 Å². The molecule has 3 rings (SSSR count). The van der Waals surface area contributed by atoms with Crippen LogP contribution in [0.5, 0.6) is 0 Å². The molecule has 1 aromatic heterocycles. The number of nitrogens with zero attached hydrogens (tertiary/aromatic N) is 2. The fraction of sp³-hybridized carbons (Fsp3) is 0.105. The standard InChI is InChI=1S/C19H16ClFN4O/c20-16-7-5-13(6-8-16)9-23-19-24-11-15(12-25-19)18(26)22-10-14-3-1-2-4-17(14)21/h1-8,11-12H,9-10H2,(H,22,26)(H,23,24,25). The van der Waals surface area contributed by atoms with Gasteiger partial charge in [-0.3, -0.25) is 4.79 Å². The smallest absolute Gasteiger partial charge is 0.254 e. The number of benzene rings is 2. The number of hydrogen-bond donors (Lipinski definition) is 2. The first-order valence-corrected chi connectivity index (χ1v) is 8.31. The van der Waals surface area contributed by atoms with Gasteiger partial charge in [0.1, 0.15) is 5.82 Å². The number of nitrogens with one attached hydrogen (secondary N) is 2. The van der Waals surface area contributed by atoms with Crippen molar-refractivity contribution in [2.24, 2.45) is 0 Å². The van der Waals surface area contributed by atoms with E-state index < -0.39 is 0 Å². The third kappa shape index (κ3) is 4.77. The Bertz CT molecular complexity index is 885. The topological polar surface area (TPSA) is 66.9 Å². The predicted molar refractivity (Wildman–Crippen MR) is 98.4 cm³/mol. The van der Waals surface area contributed by atoms with E-state index in [4.69, 9.17) is 11.6 Å². The first-order chi connectivity index (χ1) is 12.6. The molecule has 1 heterocycles. The van der Waals surface area contributed by atoms with Crippen LogP contribution in [-0.2, 0) is 13.1 Å². The number of carbonyl (C=O) groups is 1. The lowest BCUT2D eigenvalue weighted by Gasteiger charge is -2.07. The highest BCUT2D eigenvalue weighted by atomic mass is 35.5. The summed E-state index contributed by atoms with van der Waals surface area (Å²) in [6.07, 6.45) is 2.85. The van der Waals surface area contributed by atoms with E-state index in [2.05, 4.69) is 20.6 Å². The van der Waals surface area contributed by atoms with Gasteiger partial charge in [-0.05, 0) is 23.8 Å². The van der Waals surface area contributed by atoms with Crippen molar-refractivity contribution in [3.8, 4) is 0 Å². The number of rotatable bonds is 6. The Labute approximate surface area is 155 Å². The Kier molecular flexibility index (Phi) is 5.76. The van der Waals surface area contributed by atoms with E-state index in [9.17, 15) is 9.18 Å². The normalized spacial score (nSPS) is 10.4. The summed E-state index contributed by atoms with van der Waals surface area (Å²) in [7, 11) is 0. The molecule has 0 saturated carbocycles. The minimum Gasteiger partial charge on any atom is -0.350 e. The number of halogens is 2. The van der Waals surface area contributed by atoms with Crippen LogP contribution in [-0.4, -0.2) is 15.9 Å². The minimum absolute atomic E-state index is 0.0993. The Morgan fingerprint density at radius 1 is 1.00 bits per heavy atom. The molecule has 0 aliphatic rings. The first kappa shape index (κ1) is 17.8. The summed E-state index contributed by atoms with van der Waals surface area (Å²) in [4.78, 5) is 20.3. The van der Waals surface area contributed by atoms with Crippen molar-refractivity contribution < 1.29 is 9.18 Å². The lowest BCUT2D eigenvalue weighted by atomic mass is 10.2. The van der Waals surface area contributed by atoms with Crippen molar-refractivity contribution in [2.75, 3.05) is 5.32 Å². The summed E-state index contributed by atoms with van der Waals surface area (Å²) in [6.45, 7) is 0.637. The molecule has 2 aromatic carbocycles. The summed E-state index contributed by atoms with van der Waals surface area (Å²) in [5, 5.41) is 6.39. The molecule has 0 atom stereocenters. The number of carbonyl (C=O) groups excluding carboxylic acids is 1. The fourth-order valence-electron chi connectivity index (χ4n) is 2.24. The molecule has 2 N–H and O–H groups in total. The van der Waals surface area contributed by atoms with E-state index in [1.807, 2.05) is 24.3 Å². The minimum atomic E-state index is -0.363. The summed E-state index contributed by atoms with van der Waals surface area (Å²) in [5.74, 6) is -0.311. The van der Waals surface area contributed by atoms with Crippen LogP contribution in [0, 0.1) is 5.82 Å². The molecule has 0 unspecified atom stereocenters. The maximum atomic E-state index is 13.6. The molecule has 26 heavy (non-hydrogen) atoms. The van der Waals surface area contributed by atoms with Gasteiger partial charge in [-0.25, -0.2) is 14.4 Å². The van der Waals surface area contributed by atoms with Crippen LogP contribution in [0.25, 0.3) is 0 Å². The molecular formula is C19H16ClFN4O. The van der Waals surface area contributed by atoms with Gasteiger partial charge in [0.25, 0.3) is 5.91 Å². The van der Waals surface area contributed by atoms with Crippen LogP contribution >= 0.6 is 11.6 Å². The molecule has 0 saturated heterocycles. The second-order valence-corrected chi connectivity index (χ2v) is 5.99. The average molecular weight is 371 g/mol. The van der Waals surface area contributed by atoms with Crippen molar-refractivity contribution in [2.45, 2.75) is 13.1 Å². The Morgan fingerprint density at radius 3 is 2.38 bits per heavy atom. The summed E-state index contributed by atoms with van der Waals surface area (Å²) in [5.41, 5.74) is 1.76. The van der Waals surface area contributed by atoms with Gasteiger partial charge in [-0.1, -0.05) is 41.9 Å². The number of hydrogen-bond acceptors (Lipinski definition) is 4. The molecule has 5 nitrogen and oxygen atoms in total. The van der Waals surface area contributed by atoms with Gasteiger partial charge in [-0.2, -0.15) is 0 Å². The molecule has 0 bridgehead atoms. The molecule has 0 aliphatic heterocycles. The second-order valence-electron chi connectivity index (χ2n) is 5.55. The first-order valence-electron chi connectivity index (χ1n) is 7.94. The van der Waals surface area contributed by atoms with Gasteiger partial charge < -0.3 is 10.6 Å². The van der Waals surface area contributed by atoms with Crippen molar-refractivity contribution in [3.05, 3.63) is 88.5 Å². The zero-order valence-electron chi connectivity index (χ0n) is 13.7. The molecule has 0 fully saturated rings. The molecule has 7 heteroatoms. The second kappa shape index (κ2) is 8.40. The van der Waals surface area contributed by atoms with Gasteiger partial charge >= 0.3 is 0 Å². The van der Waals surface area contributed by atoms with Gasteiger partial charge in [-0.15, -0.1) is 0 Å². The zero-order chi connectivity index (χ0) is 18.4. The molecular weight excluding hydrogens is 355 g/mol. The highest BCUT2D eigenvalue weighted by molar-refractivity contribution is 6.30. The summed E-state index contributed by atoms with van der Waals surface area (Å²) < 4.78 is 13.6. The van der Waals surface area contributed by atoms with Crippen LogP contribution in [0.15, 0.2) is 60.9 Å². The lowest BCUT2D eigenvalue weighted by molar-refractivity contribution is 0.0950. The number of amides is 1. The van der Waals surface area contributed by atoms with Gasteiger partial charge in [0.15, 0.2) is 0 Å². The SMILES string of the molecule is O=C(NCc1ccccc1F)c1cnc(NCc2ccc(Cl)cc2)nc1. The molecule has 132 valence electrons. The molecule has 0 spiro atoms. The molecule has 0 radical (unpaired) electrons. The highest BCUT2D eigenvalue weighted by Crippen LogP contribution is 2.11. The van der Waals surface area contributed by atoms with E-state index in [0.717, 1.165) is 5.56 Å². The average Bonchev–Trinajstić information content (AvgIpc) is 2.67. The maximum Gasteiger partial charge on any atom is 0.254 e. The zero-order valence-corrected chi connectivity index (χ0v) is 14.5. The van der Waals surface area contributed by atoms with Crippen molar-refractivity contribution in [1.29, 1.82) is 0 Å². The Balaban J connectivity index is 1.54. The third-order valence-electron chi connectivity index (χ3n) is 3.68. The molecule has 1 amide bonds. The highest BCUT2D eigenvalue weighted by Gasteiger charge is 2.08. The monoisotopic (exact) mass is 370 g/mol. The van der Waals surface area contributed by atoms with Crippen molar-refractivity contribution in [1.82, 2.24) is 15.3 Å². The maximum absolute atomic E-state index is 13.6. The van der Waals surface area contributed by atoms with Crippen LogP contribution < -0.4 is 10.6 Å². The van der Waals surface area contributed by atoms with E-state index in [0.29, 0.717) is 28.6 Å². The largest absolute Gasteiger partial charge is 0.350 e. The van der Waals surface area contributed by atoms with Crippen molar-refractivity contribution in [3.63, 3.8) is 0 Å². The van der Waals surface area contributed by atoms with E-state index in [-0.39, 0.29) is 18.3 Å². The van der Waals surface area contributed by atoms with Gasteiger partial charge in [0.05, 0.1) is 5.56 Å². The van der Waals surface area contributed by atoms with Gasteiger partial charge in [0.2, 0.25) is 5.95 Å². The molecule has 3 aromatic rings. The summed E-state index contributed by atoms with van der Waals surface area (Å²) in [6, 6.07) is 13.7. The van der Waals surface area contributed by atoms with E-state index in [1.54, 1.807) is 18.2 Å². The Morgan fingerprint density at radius 2 is 1.69 bits per heavy atom. The van der Waals surface area contributed by atoms with Crippen LogP contribution in [0.3, 0.4) is 0 Å². The number of aromatic nitrogens is 2. The Hall–Kier alpha value is -2.99. The predicted octanol–water partition coefficient (Wildman–Crippen LogP) is 3.81. The lowest BCUT2D eigenvalue weighted by Crippen LogP contribution is -2.23. The summed E-state index contributed by atoms with van der Waals surface area (Å²) >= 11 is 5.85. The van der Waals surface area contributed by atoms with E-state index in [1.165, 1.54) is 18.5 Å². The van der Waals surface area contributed by atoms with Crippen LogP contribution in [0.2, 0.25) is 5.02 Å². The van der Waals surface area contributed by atoms with Crippen molar-refractivity contribution >= 4 is 23.5 Å². The van der Waals surface area contributed by atoms with Crippen LogP contribution in [0.4, 0.5) is 10.3 Å². The number of anilines is 1. The fourth-order valence-corrected chi connectivity index (χ4v) is 2.37.